The molecule has 6 heteroatoms. The van der Waals surface area contributed by atoms with Gasteiger partial charge in [0.1, 0.15) is 5.82 Å². The van der Waals surface area contributed by atoms with Crippen LogP contribution in [0.3, 0.4) is 0 Å². The second-order valence-electron chi connectivity index (χ2n) is 7.30. The van der Waals surface area contributed by atoms with Crippen LogP contribution in [-0.4, -0.2) is 42.2 Å². The standard InChI is InChI=1S/C17H23BFNO3/c1-16(2)17(3,4)23-18(22-16)13-9-7-8-12(14(13)19)15(21)20-10-5-6-11-20/h7-9H,5-6,10-11H2,1-4H3. The Hall–Kier alpha value is -1.40. The lowest BCUT2D eigenvalue weighted by Gasteiger charge is -2.32. The largest absolute Gasteiger partial charge is 0.497 e. The van der Waals surface area contributed by atoms with Crippen molar-refractivity contribution in [3.8, 4) is 0 Å². The molecule has 0 atom stereocenters. The van der Waals surface area contributed by atoms with Gasteiger partial charge in [-0.15, -0.1) is 0 Å². The van der Waals surface area contributed by atoms with Crippen LogP contribution in [0.25, 0.3) is 0 Å². The number of halogens is 1. The molecule has 2 aliphatic heterocycles. The molecule has 1 amide bonds. The summed E-state index contributed by atoms with van der Waals surface area (Å²) in [7, 11) is -0.800. The number of likely N-dealkylation sites (tertiary alicyclic amines) is 1. The molecule has 0 spiro atoms. The van der Waals surface area contributed by atoms with E-state index in [1.165, 1.54) is 6.07 Å². The fraction of sp³-hybridized carbons (Fsp3) is 0.588. The lowest BCUT2D eigenvalue weighted by Crippen LogP contribution is -2.41. The fourth-order valence-corrected chi connectivity index (χ4v) is 2.96. The summed E-state index contributed by atoms with van der Waals surface area (Å²) in [6, 6.07) is 4.84. The van der Waals surface area contributed by atoms with Crippen LogP contribution >= 0.6 is 0 Å². The second kappa shape index (κ2) is 5.60. The van der Waals surface area contributed by atoms with Gasteiger partial charge < -0.3 is 14.2 Å². The maximum absolute atomic E-state index is 14.9. The highest BCUT2D eigenvalue weighted by Gasteiger charge is 2.52. The second-order valence-corrected chi connectivity index (χ2v) is 7.30. The minimum absolute atomic E-state index is 0.0964. The van der Waals surface area contributed by atoms with Crippen LogP contribution < -0.4 is 5.46 Å². The summed E-state index contributed by atoms with van der Waals surface area (Å²) in [5, 5.41) is 0. The molecule has 2 saturated heterocycles. The molecule has 0 radical (unpaired) electrons. The van der Waals surface area contributed by atoms with Crippen LogP contribution in [0.5, 0.6) is 0 Å². The van der Waals surface area contributed by atoms with Crippen LogP contribution in [0.2, 0.25) is 0 Å². The lowest BCUT2D eigenvalue weighted by atomic mass is 9.77. The quantitative estimate of drug-likeness (QED) is 0.786. The van der Waals surface area contributed by atoms with Crippen molar-refractivity contribution in [1.82, 2.24) is 4.90 Å². The van der Waals surface area contributed by atoms with Gasteiger partial charge in [0.05, 0.1) is 16.8 Å². The highest BCUT2D eigenvalue weighted by atomic mass is 19.1. The normalized spacial score (nSPS) is 22.7. The molecule has 2 aliphatic rings. The first-order chi connectivity index (χ1) is 10.7. The minimum atomic E-state index is -0.800. The number of amides is 1. The Morgan fingerprint density at radius 1 is 1.13 bits per heavy atom. The monoisotopic (exact) mass is 319 g/mol. The topological polar surface area (TPSA) is 38.8 Å². The molecule has 1 aromatic rings. The first-order valence-electron chi connectivity index (χ1n) is 8.16. The molecule has 0 N–H and O–H groups in total. The Morgan fingerprint density at radius 3 is 2.26 bits per heavy atom. The van der Waals surface area contributed by atoms with E-state index >= 15 is 0 Å². The first kappa shape index (κ1) is 16.5. The van der Waals surface area contributed by atoms with Crippen molar-refractivity contribution in [1.29, 1.82) is 0 Å². The Morgan fingerprint density at radius 2 is 1.70 bits per heavy atom. The smallest absolute Gasteiger partial charge is 0.399 e. The molecule has 0 aliphatic carbocycles. The lowest BCUT2D eigenvalue weighted by molar-refractivity contribution is 0.00578. The molecule has 4 nitrogen and oxygen atoms in total. The number of carbonyl (C=O) groups excluding carboxylic acids is 1. The average molecular weight is 319 g/mol. The van der Waals surface area contributed by atoms with Crippen molar-refractivity contribution in [3.63, 3.8) is 0 Å². The summed E-state index contributed by atoms with van der Waals surface area (Å²) in [6.07, 6.45) is 1.95. The summed E-state index contributed by atoms with van der Waals surface area (Å²) in [5.74, 6) is -0.790. The van der Waals surface area contributed by atoms with Crippen molar-refractivity contribution in [2.45, 2.75) is 51.7 Å². The van der Waals surface area contributed by atoms with Gasteiger partial charge >= 0.3 is 7.12 Å². The number of hydrogen-bond acceptors (Lipinski definition) is 3. The summed E-state index contributed by atoms with van der Waals surface area (Å²) in [5.41, 5.74) is -0.703. The third-order valence-electron chi connectivity index (χ3n) is 5.16. The maximum atomic E-state index is 14.9. The molecule has 124 valence electrons. The zero-order valence-corrected chi connectivity index (χ0v) is 14.2. The zero-order chi connectivity index (χ0) is 16.8. The predicted octanol–water partition coefficient (Wildman–Crippen LogP) is 2.36. The van der Waals surface area contributed by atoms with Crippen LogP contribution in [0.4, 0.5) is 4.39 Å². The van der Waals surface area contributed by atoms with E-state index in [1.807, 2.05) is 27.7 Å². The Balaban J connectivity index is 1.90. The Labute approximate surface area is 137 Å². The third kappa shape index (κ3) is 2.79. The third-order valence-corrected chi connectivity index (χ3v) is 5.16. The number of rotatable bonds is 2. The van der Waals surface area contributed by atoms with Crippen LogP contribution in [-0.2, 0) is 9.31 Å². The summed E-state index contributed by atoms with van der Waals surface area (Å²) in [6.45, 7) is 9.07. The van der Waals surface area contributed by atoms with E-state index in [9.17, 15) is 9.18 Å². The zero-order valence-electron chi connectivity index (χ0n) is 14.2. The van der Waals surface area contributed by atoms with Gasteiger partial charge in [-0.2, -0.15) is 0 Å². The van der Waals surface area contributed by atoms with Crippen molar-refractivity contribution >= 4 is 18.5 Å². The van der Waals surface area contributed by atoms with E-state index in [2.05, 4.69) is 0 Å². The molecule has 0 unspecified atom stereocenters. The first-order valence-corrected chi connectivity index (χ1v) is 8.16. The van der Waals surface area contributed by atoms with Gasteiger partial charge in [-0.3, -0.25) is 4.79 Å². The predicted molar refractivity (Wildman–Crippen MR) is 87.3 cm³/mol. The van der Waals surface area contributed by atoms with Gasteiger partial charge in [-0.05, 0) is 46.6 Å². The fourth-order valence-electron chi connectivity index (χ4n) is 2.96. The number of hydrogen-bond donors (Lipinski definition) is 0. The summed E-state index contributed by atoms with van der Waals surface area (Å²) >= 11 is 0. The van der Waals surface area contributed by atoms with Crippen molar-refractivity contribution in [2.24, 2.45) is 0 Å². The van der Waals surface area contributed by atoms with Gasteiger partial charge in [0, 0.05) is 18.6 Å². The molecule has 23 heavy (non-hydrogen) atoms. The molecule has 0 bridgehead atoms. The van der Waals surface area contributed by atoms with E-state index in [1.54, 1.807) is 17.0 Å². The van der Waals surface area contributed by atoms with Gasteiger partial charge in [0.25, 0.3) is 5.91 Å². The van der Waals surface area contributed by atoms with E-state index in [0.717, 1.165) is 12.8 Å². The molecule has 3 rings (SSSR count). The maximum Gasteiger partial charge on any atom is 0.497 e. The molecule has 2 heterocycles. The molecular formula is C17H23BFNO3. The molecule has 0 aromatic heterocycles. The summed E-state index contributed by atoms with van der Waals surface area (Å²) < 4.78 is 26.7. The van der Waals surface area contributed by atoms with Gasteiger partial charge in [0.2, 0.25) is 0 Å². The van der Waals surface area contributed by atoms with E-state index < -0.39 is 24.1 Å². The number of benzene rings is 1. The minimum Gasteiger partial charge on any atom is -0.399 e. The van der Waals surface area contributed by atoms with Crippen LogP contribution in [0, 0.1) is 5.82 Å². The number of carbonyl (C=O) groups is 1. The Kier molecular flexibility index (Phi) is 4.01. The average Bonchev–Trinajstić information content (AvgIpc) is 3.05. The highest BCUT2D eigenvalue weighted by molar-refractivity contribution is 6.62. The van der Waals surface area contributed by atoms with Crippen LogP contribution in [0.1, 0.15) is 50.9 Å². The molecule has 2 fully saturated rings. The molecule has 1 aromatic carbocycles. The van der Waals surface area contributed by atoms with Gasteiger partial charge in [-0.1, -0.05) is 12.1 Å². The van der Waals surface area contributed by atoms with Gasteiger partial charge in [0.15, 0.2) is 0 Å². The van der Waals surface area contributed by atoms with Crippen molar-refractivity contribution in [2.75, 3.05) is 13.1 Å². The SMILES string of the molecule is CC1(C)OB(c2cccc(C(=O)N3CCCC3)c2F)OC1(C)C. The molecular weight excluding hydrogens is 296 g/mol. The van der Waals surface area contributed by atoms with E-state index in [4.69, 9.17) is 9.31 Å². The van der Waals surface area contributed by atoms with Crippen molar-refractivity contribution < 1.29 is 18.5 Å². The summed E-state index contributed by atoms with van der Waals surface area (Å²) in [4.78, 5) is 14.2. The van der Waals surface area contributed by atoms with E-state index in [0.29, 0.717) is 13.1 Å². The van der Waals surface area contributed by atoms with Crippen molar-refractivity contribution in [3.05, 3.63) is 29.6 Å². The van der Waals surface area contributed by atoms with Gasteiger partial charge in [-0.25, -0.2) is 4.39 Å². The highest BCUT2D eigenvalue weighted by Crippen LogP contribution is 2.36. The number of nitrogens with zero attached hydrogens (tertiary/aromatic N) is 1. The molecule has 0 saturated carbocycles. The van der Waals surface area contributed by atoms with E-state index in [-0.39, 0.29) is 16.9 Å². The van der Waals surface area contributed by atoms with Crippen LogP contribution in [0.15, 0.2) is 18.2 Å². The Bertz CT molecular complexity index is 610.